The summed E-state index contributed by atoms with van der Waals surface area (Å²) in [6.45, 7) is 3.00. The zero-order chi connectivity index (χ0) is 22.5. The first kappa shape index (κ1) is 21.8. The van der Waals surface area contributed by atoms with Gasteiger partial charge in [-0.25, -0.2) is 18.0 Å². The molecule has 32 heavy (non-hydrogen) atoms. The van der Waals surface area contributed by atoms with E-state index in [4.69, 9.17) is 4.42 Å². The van der Waals surface area contributed by atoms with Gasteiger partial charge in [0, 0.05) is 38.4 Å². The third kappa shape index (κ3) is 5.05. The Morgan fingerprint density at radius 1 is 0.938 bits per heavy atom. The molecule has 1 aromatic heterocycles. The van der Waals surface area contributed by atoms with E-state index in [0.717, 1.165) is 30.9 Å². The number of hydrogen-bond donors (Lipinski definition) is 2. The van der Waals surface area contributed by atoms with Gasteiger partial charge >= 0.3 is 6.03 Å². The number of hydrogen-bond acceptors (Lipinski definition) is 4. The Hall–Kier alpha value is -3.46. The molecular weight excluding hydrogens is 421 g/mol. The first-order valence-electron chi connectivity index (χ1n) is 10.3. The normalized spacial score (nSPS) is 15.4. The molecule has 6 nitrogen and oxygen atoms in total. The van der Waals surface area contributed by atoms with Gasteiger partial charge in [-0.2, -0.15) is 0 Å². The first-order valence-corrected chi connectivity index (χ1v) is 10.3. The van der Waals surface area contributed by atoms with Gasteiger partial charge in [-0.05, 0) is 48.5 Å². The van der Waals surface area contributed by atoms with Gasteiger partial charge in [0.1, 0.15) is 28.9 Å². The summed E-state index contributed by atoms with van der Waals surface area (Å²) in [4.78, 5) is 16.6. The summed E-state index contributed by atoms with van der Waals surface area (Å²) >= 11 is 0. The number of para-hydroxylation sites is 1. The Morgan fingerprint density at radius 3 is 2.25 bits per heavy atom. The maximum atomic E-state index is 13.8. The summed E-state index contributed by atoms with van der Waals surface area (Å²) in [5, 5.41) is 4.91. The van der Waals surface area contributed by atoms with E-state index >= 15 is 0 Å². The highest BCUT2D eigenvalue weighted by atomic mass is 19.1. The first-order chi connectivity index (χ1) is 15.5. The Labute approximate surface area is 183 Å². The van der Waals surface area contributed by atoms with E-state index in [2.05, 4.69) is 20.4 Å². The van der Waals surface area contributed by atoms with E-state index in [0.29, 0.717) is 18.8 Å². The van der Waals surface area contributed by atoms with Crippen LogP contribution in [0.4, 0.5) is 29.3 Å². The summed E-state index contributed by atoms with van der Waals surface area (Å²) < 4.78 is 46.3. The lowest BCUT2D eigenvalue weighted by molar-refractivity contribution is 0.162. The average Bonchev–Trinajstić information content (AvgIpc) is 3.32. The number of nitrogens with one attached hydrogen (secondary N) is 2. The van der Waals surface area contributed by atoms with Crippen LogP contribution in [0.2, 0.25) is 0 Å². The van der Waals surface area contributed by atoms with Crippen LogP contribution in [0.3, 0.4) is 0 Å². The van der Waals surface area contributed by atoms with E-state index in [1.165, 1.54) is 18.2 Å². The second kappa shape index (κ2) is 9.78. The SMILES string of the molecule is O=C(NCC(c1ccco1)N1CCN(c2ccc(F)cc2)CC1)Nc1c(F)cccc1F. The number of amides is 2. The van der Waals surface area contributed by atoms with E-state index in [1.807, 2.05) is 6.07 Å². The predicted molar refractivity (Wildman–Crippen MR) is 115 cm³/mol. The number of nitrogens with zero attached hydrogens (tertiary/aromatic N) is 2. The Kier molecular flexibility index (Phi) is 6.65. The molecule has 9 heteroatoms. The van der Waals surface area contributed by atoms with Gasteiger partial charge in [0.2, 0.25) is 0 Å². The molecule has 2 N–H and O–H groups in total. The summed E-state index contributed by atoms with van der Waals surface area (Å²) in [6.07, 6.45) is 1.56. The molecule has 2 aromatic carbocycles. The zero-order valence-corrected chi connectivity index (χ0v) is 17.2. The van der Waals surface area contributed by atoms with Crippen LogP contribution in [0.15, 0.2) is 65.3 Å². The number of benzene rings is 2. The van der Waals surface area contributed by atoms with Crippen molar-refractivity contribution >= 4 is 17.4 Å². The molecule has 0 aliphatic carbocycles. The third-order valence-corrected chi connectivity index (χ3v) is 5.48. The monoisotopic (exact) mass is 444 g/mol. The van der Waals surface area contributed by atoms with Crippen molar-refractivity contribution in [2.75, 3.05) is 42.9 Å². The molecule has 1 atom stereocenters. The molecule has 2 amide bonds. The lowest BCUT2D eigenvalue weighted by Gasteiger charge is -2.39. The van der Waals surface area contributed by atoms with Gasteiger partial charge in [0.05, 0.1) is 12.3 Å². The van der Waals surface area contributed by atoms with Crippen LogP contribution in [-0.2, 0) is 0 Å². The molecular formula is C23H23F3N4O2. The van der Waals surface area contributed by atoms with Crippen molar-refractivity contribution in [2.24, 2.45) is 0 Å². The lowest BCUT2D eigenvalue weighted by atomic mass is 10.1. The molecule has 0 saturated carbocycles. The molecule has 3 aromatic rings. The topological polar surface area (TPSA) is 60.8 Å². The second-order valence-corrected chi connectivity index (χ2v) is 7.46. The van der Waals surface area contributed by atoms with Crippen LogP contribution in [0.25, 0.3) is 0 Å². The molecule has 4 rings (SSSR count). The summed E-state index contributed by atoms with van der Waals surface area (Å²) in [5.74, 6) is -1.29. The molecule has 1 aliphatic rings. The average molecular weight is 444 g/mol. The highest BCUT2D eigenvalue weighted by molar-refractivity contribution is 5.89. The van der Waals surface area contributed by atoms with Crippen LogP contribution in [-0.4, -0.2) is 43.7 Å². The van der Waals surface area contributed by atoms with E-state index in [9.17, 15) is 18.0 Å². The van der Waals surface area contributed by atoms with Gasteiger partial charge < -0.3 is 20.0 Å². The molecule has 0 bridgehead atoms. The quantitative estimate of drug-likeness (QED) is 0.592. The van der Waals surface area contributed by atoms with Gasteiger partial charge in [0.25, 0.3) is 0 Å². The highest BCUT2D eigenvalue weighted by Crippen LogP contribution is 2.25. The van der Waals surface area contributed by atoms with Crippen molar-refractivity contribution in [1.82, 2.24) is 10.2 Å². The van der Waals surface area contributed by atoms with Gasteiger partial charge in [-0.15, -0.1) is 0 Å². The number of carbonyl (C=O) groups excluding carboxylic acids is 1. The molecule has 1 fully saturated rings. The molecule has 1 saturated heterocycles. The standard InChI is InChI=1S/C23H23F3N4O2/c24-16-6-8-17(9-7-16)29-10-12-30(13-11-29)20(21-5-2-14-32-21)15-27-23(31)28-22-18(25)3-1-4-19(22)26/h1-9,14,20H,10-13,15H2,(H2,27,28,31). The number of anilines is 2. The number of carbonyl (C=O) groups is 1. The van der Waals surface area contributed by atoms with Crippen LogP contribution in [0, 0.1) is 17.5 Å². The van der Waals surface area contributed by atoms with E-state index < -0.39 is 23.4 Å². The van der Waals surface area contributed by atoms with E-state index in [-0.39, 0.29) is 18.4 Å². The maximum absolute atomic E-state index is 13.8. The zero-order valence-electron chi connectivity index (χ0n) is 17.2. The predicted octanol–water partition coefficient (Wildman–Crippen LogP) is 4.38. The number of furan rings is 1. The summed E-state index contributed by atoms with van der Waals surface area (Å²) in [5.41, 5.74) is 0.456. The second-order valence-electron chi connectivity index (χ2n) is 7.46. The van der Waals surface area contributed by atoms with Gasteiger partial charge in [0.15, 0.2) is 0 Å². The molecule has 1 aliphatic heterocycles. The number of rotatable bonds is 6. The van der Waals surface area contributed by atoms with Gasteiger partial charge in [-0.1, -0.05) is 6.07 Å². The molecule has 0 radical (unpaired) electrons. The van der Waals surface area contributed by atoms with Crippen LogP contribution in [0.1, 0.15) is 11.8 Å². The summed E-state index contributed by atoms with van der Waals surface area (Å²) in [7, 11) is 0. The fourth-order valence-electron chi connectivity index (χ4n) is 3.80. The van der Waals surface area contributed by atoms with Crippen LogP contribution < -0.4 is 15.5 Å². The fraction of sp³-hybridized carbons (Fsp3) is 0.261. The Balaban J connectivity index is 1.38. The highest BCUT2D eigenvalue weighted by Gasteiger charge is 2.27. The maximum Gasteiger partial charge on any atom is 0.319 e. The minimum absolute atomic E-state index is 0.186. The number of piperazine rings is 1. The number of urea groups is 1. The minimum Gasteiger partial charge on any atom is -0.468 e. The molecule has 168 valence electrons. The van der Waals surface area contributed by atoms with Crippen LogP contribution >= 0.6 is 0 Å². The largest absolute Gasteiger partial charge is 0.468 e. The fourth-order valence-corrected chi connectivity index (χ4v) is 3.80. The van der Waals surface area contributed by atoms with E-state index in [1.54, 1.807) is 24.5 Å². The van der Waals surface area contributed by atoms with Crippen molar-refractivity contribution in [3.8, 4) is 0 Å². The Bertz CT molecular complexity index is 1020. The molecule has 1 unspecified atom stereocenters. The summed E-state index contributed by atoms with van der Waals surface area (Å²) in [6, 6.07) is 12.4. The van der Waals surface area contributed by atoms with Crippen molar-refractivity contribution in [2.45, 2.75) is 6.04 Å². The Morgan fingerprint density at radius 2 is 1.62 bits per heavy atom. The number of halogens is 3. The van der Waals surface area contributed by atoms with Crippen molar-refractivity contribution in [1.29, 1.82) is 0 Å². The van der Waals surface area contributed by atoms with Crippen molar-refractivity contribution < 1.29 is 22.4 Å². The smallest absolute Gasteiger partial charge is 0.319 e. The minimum atomic E-state index is -0.848. The third-order valence-electron chi connectivity index (χ3n) is 5.48. The van der Waals surface area contributed by atoms with Crippen LogP contribution in [0.5, 0.6) is 0 Å². The lowest BCUT2D eigenvalue weighted by Crippen LogP contribution is -2.50. The van der Waals surface area contributed by atoms with Crippen molar-refractivity contribution in [3.63, 3.8) is 0 Å². The molecule has 0 spiro atoms. The molecule has 2 heterocycles. The van der Waals surface area contributed by atoms with Gasteiger partial charge in [-0.3, -0.25) is 4.90 Å². The van der Waals surface area contributed by atoms with Crippen molar-refractivity contribution in [3.05, 3.63) is 84.1 Å².